The fourth-order valence-corrected chi connectivity index (χ4v) is 1.80. The number of nitrogens with one attached hydrogen (secondary N) is 1. The van der Waals surface area contributed by atoms with Gasteiger partial charge >= 0.3 is 0 Å². The van der Waals surface area contributed by atoms with Gasteiger partial charge in [0.25, 0.3) is 0 Å². The summed E-state index contributed by atoms with van der Waals surface area (Å²) in [6.07, 6.45) is 1.66. The van der Waals surface area contributed by atoms with E-state index in [2.05, 4.69) is 9.97 Å². The van der Waals surface area contributed by atoms with E-state index in [0.29, 0.717) is 16.3 Å². The van der Waals surface area contributed by atoms with Crippen LogP contribution in [0.25, 0.3) is 11.3 Å². The van der Waals surface area contributed by atoms with E-state index in [1.54, 1.807) is 20.4 Å². The van der Waals surface area contributed by atoms with E-state index in [9.17, 15) is 0 Å². The average molecular weight is 248 g/mol. The fourth-order valence-electron chi connectivity index (χ4n) is 1.62. The number of nitrogens with zero attached hydrogens (tertiary/aromatic N) is 1. The molecule has 1 N–H and O–H groups in total. The zero-order valence-corrected chi connectivity index (χ0v) is 10.4. The lowest BCUT2D eigenvalue weighted by molar-refractivity contribution is 0.356. The maximum absolute atomic E-state index is 5.36. The first-order valence-corrected chi connectivity index (χ1v) is 5.43. The summed E-state index contributed by atoms with van der Waals surface area (Å²) in [5.41, 5.74) is 1.74. The van der Waals surface area contributed by atoms with Crippen LogP contribution in [0.4, 0.5) is 0 Å². The molecular weight excluding hydrogens is 236 g/mol. The molecule has 2 aromatic rings. The third-order valence-corrected chi connectivity index (χ3v) is 2.58. The zero-order valence-electron chi connectivity index (χ0n) is 9.56. The van der Waals surface area contributed by atoms with Gasteiger partial charge in [-0.05, 0) is 30.4 Å². The fraction of sp³-hybridized carbons (Fsp3) is 0.167. The van der Waals surface area contributed by atoms with Gasteiger partial charge in [0, 0.05) is 11.8 Å². The van der Waals surface area contributed by atoms with Gasteiger partial charge in [0.2, 0.25) is 0 Å². The molecule has 0 aliphatic heterocycles. The number of H-pyrrole nitrogens is 1. The summed E-state index contributed by atoms with van der Waals surface area (Å²) >= 11 is 5.00. The van der Waals surface area contributed by atoms with Crippen LogP contribution in [0.15, 0.2) is 30.5 Å². The molecule has 1 aromatic heterocycles. The highest BCUT2D eigenvalue weighted by Crippen LogP contribution is 2.36. The molecule has 0 unspecified atom stereocenters. The van der Waals surface area contributed by atoms with Crippen molar-refractivity contribution in [3.63, 3.8) is 0 Å². The van der Waals surface area contributed by atoms with E-state index in [1.807, 2.05) is 24.3 Å². The highest BCUT2D eigenvalue weighted by molar-refractivity contribution is 7.71. The van der Waals surface area contributed by atoms with Gasteiger partial charge in [-0.3, -0.25) is 0 Å². The number of aromatic nitrogens is 2. The second kappa shape index (κ2) is 4.97. The summed E-state index contributed by atoms with van der Waals surface area (Å²) in [5.74, 6) is 1.35. The summed E-state index contributed by atoms with van der Waals surface area (Å²) in [6, 6.07) is 7.52. The van der Waals surface area contributed by atoms with Crippen LogP contribution in [0.3, 0.4) is 0 Å². The number of ether oxygens (including phenoxy) is 2. The van der Waals surface area contributed by atoms with Crippen LogP contribution in [0.5, 0.6) is 11.5 Å². The Hall–Kier alpha value is -1.88. The number of methoxy groups -OCH3 is 2. The standard InChI is InChI=1S/C12H12N2O2S/c1-15-10-5-3-4-8(11(10)16-2)9-6-7-13-12(17)14-9/h3-7H,1-2H3,(H,13,14,17). The van der Waals surface area contributed by atoms with Crippen molar-refractivity contribution in [2.24, 2.45) is 0 Å². The quantitative estimate of drug-likeness (QED) is 0.848. The van der Waals surface area contributed by atoms with Gasteiger partial charge in [0.1, 0.15) is 0 Å². The van der Waals surface area contributed by atoms with Crippen molar-refractivity contribution in [2.45, 2.75) is 0 Å². The van der Waals surface area contributed by atoms with Crippen molar-refractivity contribution in [1.82, 2.24) is 9.97 Å². The normalized spacial score (nSPS) is 10.0. The first-order chi connectivity index (χ1) is 8.26. The topological polar surface area (TPSA) is 47.1 Å². The Morgan fingerprint density at radius 1 is 1.18 bits per heavy atom. The maximum Gasteiger partial charge on any atom is 0.197 e. The van der Waals surface area contributed by atoms with Crippen LogP contribution in [0.1, 0.15) is 0 Å². The minimum atomic E-state index is 0.437. The Bertz CT molecular complexity index is 581. The van der Waals surface area contributed by atoms with E-state index in [1.165, 1.54) is 0 Å². The Kier molecular flexibility index (Phi) is 3.39. The minimum absolute atomic E-state index is 0.437. The van der Waals surface area contributed by atoms with E-state index < -0.39 is 0 Å². The molecule has 0 atom stereocenters. The molecule has 2 rings (SSSR count). The number of hydrogen-bond acceptors (Lipinski definition) is 4. The number of para-hydroxylation sites is 1. The molecule has 0 saturated heterocycles. The second-order valence-corrected chi connectivity index (χ2v) is 3.72. The summed E-state index contributed by atoms with van der Waals surface area (Å²) in [5, 5.41) is 0. The van der Waals surface area contributed by atoms with Gasteiger partial charge in [-0.25, -0.2) is 4.98 Å². The number of rotatable bonds is 3. The van der Waals surface area contributed by atoms with Crippen molar-refractivity contribution in [2.75, 3.05) is 14.2 Å². The minimum Gasteiger partial charge on any atom is -0.493 e. The van der Waals surface area contributed by atoms with Gasteiger partial charge in [-0.2, -0.15) is 0 Å². The largest absolute Gasteiger partial charge is 0.493 e. The monoisotopic (exact) mass is 248 g/mol. The predicted octanol–water partition coefficient (Wildman–Crippen LogP) is 2.82. The SMILES string of the molecule is COc1cccc(-c2ccnc(=S)[nH]2)c1OC. The second-order valence-electron chi connectivity index (χ2n) is 3.33. The molecule has 88 valence electrons. The molecule has 0 spiro atoms. The molecule has 1 heterocycles. The molecule has 0 saturated carbocycles. The van der Waals surface area contributed by atoms with Crippen molar-refractivity contribution in [3.05, 3.63) is 35.2 Å². The Morgan fingerprint density at radius 3 is 2.65 bits per heavy atom. The molecule has 0 fully saturated rings. The number of benzene rings is 1. The lowest BCUT2D eigenvalue weighted by atomic mass is 10.1. The molecule has 17 heavy (non-hydrogen) atoms. The molecule has 0 aliphatic carbocycles. The maximum atomic E-state index is 5.36. The summed E-state index contributed by atoms with van der Waals surface area (Å²) in [4.78, 5) is 6.97. The third-order valence-electron chi connectivity index (χ3n) is 2.37. The predicted molar refractivity (Wildman–Crippen MR) is 68.0 cm³/mol. The van der Waals surface area contributed by atoms with Crippen molar-refractivity contribution in [1.29, 1.82) is 0 Å². The molecule has 0 radical (unpaired) electrons. The third kappa shape index (κ3) is 2.29. The molecular formula is C12H12N2O2S. The molecule has 1 aromatic carbocycles. The Morgan fingerprint density at radius 2 is 2.00 bits per heavy atom. The van der Waals surface area contributed by atoms with Crippen LogP contribution in [0, 0.1) is 4.77 Å². The highest BCUT2D eigenvalue weighted by Gasteiger charge is 2.11. The van der Waals surface area contributed by atoms with Crippen LogP contribution in [-0.4, -0.2) is 24.2 Å². The van der Waals surface area contributed by atoms with Crippen LogP contribution >= 0.6 is 12.2 Å². The molecule has 0 amide bonds. The molecule has 0 aliphatic rings. The van der Waals surface area contributed by atoms with Gasteiger partial charge in [0.15, 0.2) is 16.3 Å². The van der Waals surface area contributed by atoms with E-state index in [0.717, 1.165) is 11.3 Å². The van der Waals surface area contributed by atoms with Crippen LogP contribution in [-0.2, 0) is 0 Å². The molecule has 0 bridgehead atoms. The summed E-state index contributed by atoms with van der Waals surface area (Å²) < 4.78 is 11.0. The van der Waals surface area contributed by atoms with Crippen molar-refractivity contribution < 1.29 is 9.47 Å². The Balaban J connectivity index is 2.63. The first-order valence-electron chi connectivity index (χ1n) is 5.03. The lowest BCUT2D eigenvalue weighted by Gasteiger charge is -2.12. The number of hydrogen-bond donors (Lipinski definition) is 1. The van der Waals surface area contributed by atoms with E-state index >= 15 is 0 Å². The smallest absolute Gasteiger partial charge is 0.197 e. The summed E-state index contributed by atoms with van der Waals surface area (Å²) in [7, 11) is 3.22. The average Bonchev–Trinajstić information content (AvgIpc) is 2.37. The Labute approximate surface area is 104 Å². The van der Waals surface area contributed by atoms with Gasteiger partial charge in [-0.1, -0.05) is 6.07 Å². The summed E-state index contributed by atoms with van der Waals surface area (Å²) in [6.45, 7) is 0. The molecule has 5 heteroatoms. The number of aromatic amines is 1. The zero-order chi connectivity index (χ0) is 12.3. The van der Waals surface area contributed by atoms with Gasteiger partial charge < -0.3 is 14.5 Å². The van der Waals surface area contributed by atoms with E-state index in [-0.39, 0.29) is 0 Å². The van der Waals surface area contributed by atoms with Crippen LogP contribution in [0.2, 0.25) is 0 Å². The lowest BCUT2D eigenvalue weighted by Crippen LogP contribution is -1.94. The van der Waals surface area contributed by atoms with Crippen molar-refractivity contribution >= 4 is 12.2 Å². The van der Waals surface area contributed by atoms with E-state index in [4.69, 9.17) is 21.7 Å². The van der Waals surface area contributed by atoms with Crippen LogP contribution < -0.4 is 9.47 Å². The van der Waals surface area contributed by atoms with Crippen molar-refractivity contribution in [3.8, 4) is 22.8 Å². The molecule has 4 nitrogen and oxygen atoms in total. The highest BCUT2D eigenvalue weighted by atomic mass is 32.1. The van der Waals surface area contributed by atoms with Gasteiger partial charge in [-0.15, -0.1) is 0 Å². The first kappa shape index (κ1) is 11.6. The van der Waals surface area contributed by atoms with Gasteiger partial charge in [0.05, 0.1) is 19.9 Å².